The minimum Gasteiger partial charge on any atom is -0.396 e. The monoisotopic (exact) mass is 474 g/mol. The second-order valence-electron chi connectivity index (χ2n) is 7.62. The second-order valence-corrected chi connectivity index (χ2v) is 8.53. The third-order valence-electron chi connectivity index (χ3n) is 5.31. The minimum absolute atomic E-state index is 0.0277. The number of rotatable bonds is 9. The predicted molar refractivity (Wildman–Crippen MR) is 118 cm³/mol. The Bertz CT molecular complexity index is 1050. The highest BCUT2D eigenvalue weighted by Gasteiger charge is 2.24. The van der Waals surface area contributed by atoms with Crippen LogP contribution in [-0.2, 0) is 6.54 Å². The number of nitrogens with zero attached hydrogens (tertiary/aromatic N) is 2. The summed E-state index contributed by atoms with van der Waals surface area (Å²) in [5.74, 6) is -0.179. The Labute approximate surface area is 182 Å². The number of aliphatic hydroxyl groups is 1. The zero-order chi connectivity index (χ0) is 21.1. The predicted octanol–water partition coefficient (Wildman–Crippen LogP) is 4.59. The lowest BCUT2D eigenvalue weighted by Gasteiger charge is -2.15. The van der Waals surface area contributed by atoms with Gasteiger partial charge in [-0.2, -0.15) is 0 Å². The average molecular weight is 475 g/mol. The molecule has 8 heteroatoms. The molecule has 1 aliphatic carbocycles. The Kier molecular flexibility index (Phi) is 6.34. The molecule has 0 aliphatic heterocycles. The number of aliphatic hydroxyl groups excluding tert-OH is 1. The van der Waals surface area contributed by atoms with Crippen LogP contribution in [0.1, 0.15) is 36.0 Å². The van der Waals surface area contributed by atoms with Crippen LogP contribution in [0.4, 0.5) is 15.8 Å². The summed E-state index contributed by atoms with van der Waals surface area (Å²) in [6.07, 6.45) is 5.45. The topological polar surface area (TPSA) is 79.2 Å². The number of fused-ring (bicyclic) bond motifs is 1. The molecule has 0 unspecified atom stereocenters. The molecule has 3 N–H and O–H groups in total. The normalized spacial score (nSPS) is 13.6. The van der Waals surface area contributed by atoms with Crippen LogP contribution in [0.5, 0.6) is 0 Å². The zero-order valence-corrected chi connectivity index (χ0v) is 18.1. The summed E-state index contributed by atoms with van der Waals surface area (Å²) in [6, 6.07) is 8.98. The minimum atomic E-state index is -0.564. The highest BCUT2D eigenvalue weighted by Crippen LogP contribution is 2.33. The molecular formula is C22H24BrFN4O2. The number of aromatic nitrogens is 2. The summed E-state index contributed by atoms with van der Waals surface area (Å²) < 4.78 is 18.1. The molecule has 4 rings (SSSR count). The highest BCUT2D eigenvalue weighted by molar-refractivity contribution is 9.10. The molecule has 1 heterocycles. The number of hydrogen-bond donors (Lipinski definition) is 3. The summed E-state index contributed by atoms with van der Waals surface area (Å²) in [5, 5.41) is 15.1. The van der Waals surface area contributed by atoms with Crippen molar-refractivity contribution in [3.63, 3.8) is 0 Å². The quantitative estimate of drug-likeness (QED) is 0.423. The molecule has 1 aliphatic rings. The maximum atomic E-state index is 15.5. The molecule has 0 bridgehead atoms. The Morgan fingerprint density at radius 1 is 1.30 bits per heavy atom. The van der Waals surface area contributed by atoms with Gasteiger partial charge in [0.15, 0.2) is 5.82 Å². The van der Waals surface area contributed by atoms with Gasteiger partial charge in [0.25, 0.3) is 5.91 Å². The maximum absolute atomic E-state index is 15.5. The fourth-order valence-corrected chi connectivity index (χ4v) is 3.71. The third kappa shape index (κ3) is 4.65. The van der Waals surface area contributed by atoms with Crippen molar-refractivity contribution in [1.82, 2.24) is 14.9 Å². The molecule has 1 amide bonds. The van der Waals surface area contributed by atoms with Crippen molar-refractivity contribution < 1.29 is 14.3 Å². The van der Waals surface area contributed by atoms with E-state index in [0.717, 1.165) is 10.9 Å². The van der Waals surface area contributed by atoms with Gasteiger partial charge >= 0.3 is 0 Å². The van der Waals surface area contributed by atoms with Crippen molar-refractivity contribution in [2.45, 2.75) is 32.2 Å². The Balaban J connectivity index is 1.70. The van der Waals surface area contributed by atoms with Crippen LogP contribution >= 0.6 is 15.9 Å². The molecule has 1 aromatic heterocycles. The van der Waals surface area contributed by atoms with Gasteiger partial charge in [0.1, 0.15) is 5.52 Å². The summed E-state index contributed by atoms with van der Waals surface area (Å²) >= 11 is 3.39. The number of amides is 1. The Morgan fingerprint density at radius 2 is 2.07 bits per heavy atom. The number of imidazole rings is 1. The molecule has 1 fully saturated rings. The van der Waals surface area contributed by atoms with Gasteiger partial charge in [0.05, 0.1) is 23.1 Å². The van der Waals surface area contributed by atoms with Crippen molar-refractivity contribution >= 4 is 44.2 Å². The van der Waals surface area contributed by atoms with Crippen molar-refractivity contribution in [2.24, 2.45) is 5.92 Å². The molecular weight excluding hydrogens is 451 g/mol. The van der Waals surface area contributed by atoms with Crippen LogP contribution in [0.2, 0.25) is 0 Å². The first-order valence-corrected chi connectivity index (χ1v) is 10.9. The van der Waals surface area contributed by atoms with E-state index in [-0.39, 0.29) is 29.3 Å². The number of halogens is 2. The van der Waals surface area contributed by atoms with E-state index in [2.05, 4.69) is 31.5 Å². The number of aryl methyl sites for hydroxylation is 1. The molecule has 1 saturated carbocycles. The van der Waals surface area contributed by atoms with E-state index < -0.39 is 5.82 Å². The summed E-state index contributed by atoms with van der Waals surface area (Å²) in [4.78, 5) is 17.2. The smallest absolute Gasteiger partial charge is 0.253 e. The molecule has 0 saturated heterocycles. The van der Waals surface area contributed by atoms with Crippen LogP contribution < -0.4 is 10.6 Å². The fourth-order valence-electron chi connectivity index (χ4n) is 3.45. The van der Waals surface area contributed by atoms with Gasteiger partial charge in [-0.3, -0.25) is 4.79 Å². The Morgan fingerprint density at radius 3 is 2.77 bits per heavy atom. The van der Waals surface area contributed by atoms with Crippen LogP contribution in [0, 0.1) is 11.7 Å². The van der Waals surface area contributed by atoms with Gasteiger partial charge in [-0.05, 0) is 49.1 Å². The zero-order valence-electron chi connectivity index (χ0n) is 16.5. The van der Waals surface area contributed by atoms with Gasteiger partial charge in [0.2, 0.25) is 0 Å². The van der Waals surface area contributed by atoms with E-state index in [9.17, 15) is 4.79 Å². The summed E-state index contributed by atoms with van der Waals surface area (Å²) in [5.41, 5.74) is 1.76. The highest BCUT2D eigenvalue weighted by atomic mass is 79.9. The van der Waals surface area contributed by atoms with Crippen LogP contribution in [-0.4, -0.2) is 33.7 Å². The van der Waals surface area contributed by atoms with Gasteiger partial charge in [-0.25, -0.2) is 9.37 Å². The van der Waals surface area contributed by atoms with Gasteiger partial charge in [-0.15, -0.1) is 0 Å². The number of nitrogens with one attached hydrogen (secondary N) is 2. The first-order chi connectivity index (χ1) is 14.6. The van der Waals surface area contributed by atoms with Gasteiger partial charge < -0.3 is 20.3 Å². The SMILES string of the molecule is O=C(NCCC1CC1)c1cc2c(ncn2CCCO)c(F)c1Nc1ccc(Br)cc1. The van der Waals surface area contributed by atoms with E-state index in [1.165, 1.54) is 12.8 Å². The standard InChI is InChI=1S/C22H24BrFN4O2/c23-15-4-6-16(7-5-15)27-20-17(22(30)25-9-8-14-2-3-14)12-18-21(19(20)24)26-13-28(18)10-1-11-29/h4-7,12-14,27,29H,1-3,8-11H2,(H,25,30). The van der Waals surface area contributed by atoms with Crippen LogP contribution in [0.25, 0.3) is 11.0 Å². The number of benzene rings is 2. The lowest BCUT2D eigenvalue weighted by Crippen LogP contribution is -2.26. The molecule has 30 heavy (non-hydrogen) atoms. The summed E-state index contributed by atoms with van der Waals surface area (Å²) in [7, 11) is 0. The number of hydrogen-bond acceptors (Lipinski definition) is 4. The first-order valence-electron chi connectivity index (χ1n) is 10.2. The Hall–Kier alpha value is -2.45. The van der Waals surface area contributed by atoms with Crippen molar-refractivity contribution in [3.05, 3.63) is 52.5 Å². The van der Waals surface area contributed by atoms with E-state index in [4.69, 9.17) is 5.11 Å². The fraction of sp³-hybridized carbons (Fsp3) is 0.364. The van der Waals surface area contributed by atoms with E-state index in [1.807, 2.05) is 24.3 Å². The maximum Gasteiger partial charge on any atom is 0.253 e. The first kappa shape index (κ1) is 20.8. The largest absolute Gasteiger partial charge is 0.396 e. The van der Waals surface area contributed by atoms with E-state index >= 15 is 4.39 Å². The lowest BCUT2D eigenvalue weighted by molar-refractivity contribution is 0.0953. The van der Waals surface area contributed by atoms with Gasteiger partial charge in [-0.1, -0.05) is 28.8 Å². The average Bonchev–Trinajstić information content (AvgIpc) is 3.47. The van der Waals surface area contributed by atoms with Crippen LogP contribution in [0.3, 0.4) is 0 Å². The molecule has 2 aromatic carbocycles. The van der Waals surface area contributed by atoms with Crippen molar-refractivity contribution in [2.75, 3.05) is 18.5 Å². The second kappa shape index (κ2) is 9.14. The molecule has 6 nitrogen and oxygen atoms in total. The number of carbonyl (C=O) groups excluding carboxylic acids is 1. The van der Waals surface area contributed by atoms with Gasteiger partial charge in [0, 0.05) is 29.9 Å². The third-order valence-corrected chi connectivity index (χ3v) is 5.84. The molecule has 158 valence electrons. The van der Waals surface area contributed by atoms with Crippen molar-refractivity contribution in [3.8, 4) is 0 Å². The molecule has 3 aromatic rings. The number of carbonyl (C=O) groups is 1. The number of anilines is 2. The molecule has 0 radical (unpaired) electrons. The molecule has 0 atom stereocenters. The van der Waals surface area contributed by atoms with E-state index in [0.29, 0.717) is 36.6 Å². The summed E-state index contributed by atoms with van der Waals surface area (Å²) in [6.45, 7) is 1.10. The lowest BCUT2D eigenvalue weighted by atomic mass is 10.1. The molecule has 0 spiro atoms. The van der Waals surface area contributed by atoms with Crippen molar-refractivity contribution in [1.29, 1.82) is 0 Å². The van der Waals surface area contributed by atoms with E-state index in [1.54, 1.807) is 17.0 Å². The van der Waals surface area contributed by atoms with Crippen LogP contribution in [0.15, 0.2) is 41.1 Å².